The minimum Gasteiger partial charge on any atom is -0.320 e. The van der Waals surface area contributed by atoms with Gasteiger partial charge in [0, 0.05) is 31.5 Å². The average Bonchev–Trinajstić information content (AvgIpc) is 3.33. The van der Waals surface area contributed by atoms with Gasteiger partial charge in [-0.15, -0.1) is 0 Å². The summed E-state index contributed by atoms with van der Waals surface area (Å²) < 4.78 is 1.80. The van der Waals surface area contributed by atoms with Crippen molar-refractivity contribution < 1.29 is 0 Å². The Morgan fingerprint density at radius 2 is 2.07 bits per heavy atom. The number of nitrogens with one attached hydrogen (secondary N) is 2. The second-order valence-electron chi connectivity index (χ2n) is 8.51. The summed E-state index contributed by atoms with van der Waals surface area (Å²) in [6.45, 7) is 8.14. The summed E-state index contributed by atoms with van der Waals surface area (Å²) in [6, 6.07) is 10.5. The molecule has 0 radical (unpaired) electrons. The molecule has 7 nitrogen and oxygen atoms in total. The maximum Gasteiger partial charge on any atom is 0.276 e. The van der Waals surface area contributed by atoms with Gasteiger partial charge in [-0.05, 0) is 37.9 Å². The first kappa shape index (κ1) is 20.8. The smallest absolute Gasteiger partial charge is 0.276 e. The van der Waals surface area contributed by atoms with E-state index in [1.165, 1.54) is 5.56 Å². The van der Waals surface area contributed by atoms with Crippen molar-refractivity contribution in [1.29, 1.82) is 0 Å². The lowest BCUT2D eigenvalue weighted by molar-refractivity contribution is 0.318. The lowest BCUT2D eigenvalue weighted by atomic mass is 9.97. The third-order valence-electron chi connectivity index (χ3n) is 6.34. The van der Waals surface area contributed by atoms with Crippen LogP contribution in [0.5, 0.6) is 0 Å². The normalized spacial score (nSPS) is 20.8. The predicted octanol–water partition coefficient (Wildman–Crippen LogP) is 2.76. The molecule has 1 fully saturated rings. The summed E-state index contributed by atoms with van der Waals surface area (Å²) >= 11 is 0. The van der Waals surface area contributed by atoms with Gasteiger partial charge < -0.3 is 10.3 Å². The van der Waals surface area contributed by atoms with Crippen molar-refractivity contribution in [3.8, 4) is 0 Å². The van der Waals surface area contributed by atoms with Crippen LogP contribution < -0.4 is 10.9 Å². The molecule has 1 saturated heterocycles. The number of rotatable bonds is 8. The Bertz CT molecular complexity index is 1030. The molecule has 1 aliphatic heterocycles. The van der Waals surface area contributed by atoms with Gasteiger partial charge >= 0.3 is 0 Å². The molecule has 2 aromatic heterocycles. The highest BCUT2D eigenvalue weighted by molar-refractivity contribution is 5.42. The topological polar surface area (TPSA) is 78.3 Å². The van der Waals surface area contributed by atoms with Crippen LogP contribution in [0.25, 0.3) is 5.52 Å². The Labute approximate surface area is 177 Å². The molecule has 1 aromatic carbocycles. The van der Waals surface area contributed by atoms with Crippen LogP contribution in [0, 0.1) is 5.92 Å². The fourth-order valence-corrected chi connectivity index (χ4v) is 4.61. The van der Waals surface area contributed by atoms with E-state index in [1.54, 1.807) is 10.7 Å². The quantitative estimate of drug-likeness (QED) is 0.599. The number of hydrogen-bond acceptors (Lipinski definition) is 5. The molecular weight excluding hydrogens is 376 g/mol. The summed E-state index contributed by atoms with van der Waals surface area (Å²) in [5.74, 6) is 2.57. The molecule has 2 N–H and O–H groups in total. The second-order valence-corrected chi connectivity index (χ2v) is 8.51. The maximum absolute atomic E-state index is 12.8. The van der Waals surface area contributed by atoms with Gasteiger partial charge in [0.1, 0.15) is 11.6 Å². The highest BCUT2D eigenvalue weighted by Crippen LogP contribution is 2.31. The first-order valence-electron chi connectivity index (χ1n) is 11.0. The van der Waals surface area contributed by atoms with Crippen LogP contribution in [0.4, 0.5) is 0 Å². The summed E-state index contributed by atoms with van der Waals surface area (Å²) in [6.07, 6.45) is 3.60. The van der Waals surface area contributed by atoms with Crippen LogP contribution in [-0.2, 0) is 6.54 Å². The zero-order chi connectivity index (χ0) is 21.1. The van der Waals surface area contributed by atoms with Gasteiger partial charge in [-0.25, -0.2) is 9.50 Å². The molecule has 0 bridgehead atoms. The number of likely N-dealkylation sites (tertiary alicyclic amines) is 1. The van der Waals surface area contributed by atoms with E-state index in [4.69, 9.17) is 5.10 Å². The van der Waals surface area contributed by atoms with Gasteiger partial charge in [0.15, 0.2) is 5.52 Å². The van der Waals surface area contributed by atoms with Crippen molar-refractivity contribution in [2.24, 2.45) is 5.92 Å². The summed E-state index contributed by atoms with van der Waals surface area (Å²) in [4.78, 5) is 22.9. The number of fused-ring (bicyclic) bond motifs is 1. The van der Waals surface area contributed by atoms with E-state index in [-0.39, 0.29) is 17.4 Å². The molecule has 0 amide bonds. The zero-order valence-electron chi connectivity index (χ0n) is 18.1. The molecule has 3 heterocycles. The first-order chi connectivity index (χ1) is 14.6. The van der Waals surface area contributed by atoms with Crippen molar-refractivity contribution in [2.75, 3.05) is 26.7 Å². The molecule has 0 aliphatic carbocycles. The van der Waals surface area contributed by atoms with Crippen LogP contribution in [-0.4, -0.2) is 51.2 Å². The van der Waals surface area contributed by atoms with Crippen LogP contribution in [0.3, 0.4) is 0 Å². The summed E-state index contributed by atoms with van der Waals surface area (Å²) in [7, 11) is 1.96. The number of H-pyrrole nitrogens is 1. The van der Waals surface area contributed by atoms with Crippen LogP contribution in [0.1, 0.15) is 55.7 Å². The summed E-state index contributed by atoms with van der Waals surface area (Å²) in [5.41, 5.74) is 1.74. The molecule has 4 rings (SSSR count). The average molecular weight is 409 g/mol. The second kappa shape index (κ2) is 9.10. The van der Waals surface area contributed by atoms with E-state index in [2.05, 4.69) is 58.3 Å². The molecule has 0 spiro atoms. The van der Waals surface area contributed by atoms with E-state index in [0.717, 1.165) is 50.7 Å². The number of imidazole rings is 1. The Kier molecular flexibility index (Phi) is 6.29. The van der Waals surface area contributed by atoms with Crippen LogP contribution in [0.15, 0.2) is 41.3 Å². The Morgan fingerprint density at radius 1 is 1.27 bits per heavy atom. The zero-order valence-corrected chi connectivity index (χ0v) is 18.1. The highest BCUT2D eigenvalue weighted by Gasteiger charge is 2.33. The van der Waals surface area contributed by atoms with Gasteiger partial charge in [-0.2, -0.15) is 5.10 Å². The monoisotopic (exact) mass is 408 g/mol. The first-order valence-corrected chi connectivity index (χ1v) is 11.0. The lowest BCUT2D eigenvalue weighted by Gasteiger charge is -2.17. The third kappa shape index (κ3) is 4.18. The van der Waals surface area contributed by atoms with Crippen molar-refractivity contribution in [1.82, 2.24) is 29.8 Å². The van der Waals surface area contributed by atoms with Gasteiger partial charge in [-0.3, -0.25) is 9.69 Å². The van der Waals surface area contributed by atoms with Crippen LogP contribution in [0.2, 0.25) is 0 Å². The Balaban J connectivity index is 1.61. The lowest BCUT2D eigenvalue weighted by Crippen LogP contribution is -2.23. The molecule has 0 saturated carbocycles. The fourth-order valence-electron chi connectivity index (χ4n) is 4.61. The molecule has 3 aromatic rings. The van der Waals surface area contributed by atoms with Crippen molar-refractivity contribution >= 4 is 5.52 Å². The Morgan fingerprint density at radius 3 is 2.80 bits per heavy atom. The minimum atomic E-state index is -0.101. The van der Waals surface area contributed by atoms with E-state index in [1.807, 2.05) is 13.1 Å². The molecule has 3 unspecified atom stereocenters. The molecule has 7 heteroatoms. The summed E-state index contributed by atoms with van der Waals surface area (Å²) in [5, 5.41) is 8.11. The molecular formula is C23H32N6O. The molecule has 160 valence electrons. The number of aromatic amines is 1. The predicted molar refractivity (Wildman–Crippen MR) is 119 cm³/mol. The molecule has 1 aliphatic rings. The van der Waals surface area contributed by atoms with Crippen LogP contribution >= 0.6 is 0 Å². The van der Waals surface area contributed by atoms with E-state index >= 15 is 0 Å². The van der Waals surface area contributed by atoms with Crippen molar-refractivity contribution in [3.05, 3.63) is 64.1 Å². The van der Waals surface area contributed by atoms with E-state index in [9.17, 15) is 4.79 Å². The van der Waals surface area contributed by atoms with Gasteiger partial charge in [0.05, 0.1) is 6.20 Å². The Hall–Kier alpha value is -2.51. The van der Waals surface area contributed by atoms with Gasteiger partial charge in [0.2, 0.25) is 0 Å². The maximum atomic E-state index is 12.8. The minimum absolute atomic E-state index is 0.101. The molecule has 30 heavy (non-hydrogen) atoms. The third-order valence-corrected chi connectivity index (χ3v) is 6.34. The number of hydrogen-bond donors (Lipinski definition) is 2. The molecule has 3 atom stereocenters. The fraction of sp³-hybridized carbons (Fsp3) is 0.522. The van der Waals surface area contributed by atoms with Gasteiger partial charge in [0.25, 0.3) is 5.56 Å². The van der Waals surface area contributed by atoms with Crippen molar-refractivity contribution in [2.45, 2.75) is 45.1 Å². The number of nitrogens with zero attached hydrogens (tertiary/aromatic N) is 4. The SMILES string of the molecule is CCC(CCNC)c1ncc2c(=O)[nH]c(C3CN(Cc4ccccc4)CC3C)nn12. The largest absolute Gasteiger partial charge is 0.320 e. The van der Waals surface area contributed by atoms with E-state index in [0.29, 0.717) is 11.4 Å². The standard InChI is InChI=1S/C23H32N6O/c1-4-18(10-11-24-3)22-25-12-20-23(30)26-21(27-29(20)22)19-15-28(13-16(19)2)14-17-8-6-5-7-9-17/h5-9,12,16,18-19,24H,4,10-11,13-15H2,1-3H3,(H,26,27,30). The number of aromatic nitrogens is 4. The van der Waals surface area contributed by atoms with E-state index < -0.39 is 0 Å². The van der Waals surface area contributed by atoms with Gasteiger partial charge in [-0.1, -0.05) is 44.2 Å². The van der Waals surface area contributed by atoms with Crippen molar-refractivity contribution in [3.63, 3.8) is 0 Å². The highest BCUT2D eigenvalue weighted by atomic mass is 16.1. The number of benzene rings is 1.